The minimum Gasteiger partial charge on any atom is -0.481 e. The third-order valence-electron chi connectivity index (χ3n) is 5.70. The van der Waals surface area contributed by atoms with Crippen molar-refractivity contribution in [3.63, 3.8) is 0 Å². The summed E-state index contributed by atoms with van der Waals surface area (Å²) in [6.07, 6.45) is 8.47. The molecular weight excluding hydrogens is 404 g/mol. The number of nitrogens with zero attached hydrogens (tertiary/aromatic N) is 4. The summed E-state index contributed by atoms with van der Waals surface area (Å²) in [5.74, 6) is 1.61. The Morgan fingerprint density at radius 1 is 1.17 bits per heavy atom. The van der Waals surface area contributed by atoms with Crippen LogP contribution in [0.5, 0.6) is 5.88 Å². The highest BCUT2D eigenvalue weighted by molar-refractivity contribution is 7.92. The molecule has 10 heteroatoms. The molecule has 0 spiro atoms. The lowest BCUT2D eigenvalue weighted by molar-refractivity contribution is 0.341. The molecule has 160 valence electrons. The third kappa shape index (κ3) is 4.48. The Hall–Kier alpha value is -2.88. The van der Waals surface area contributed by atoms with Crippen molar-refractivity contribution in [3.05, 3.63) is 36.9 Å². The van der Waals surface area contributed by atoms with Crippen molar-refractivity contribution >= 4 is 32.6 Å². The van der Waals surface area contributed by atoms with Crippen molar-refractivity contribution in [3.8, 4) is 5.88 Å². The summed E-state index contributed by atoms with van der Waals surface area (Å²) in [6, 6.07) is 5.60. The molecule has 0 saturated heterocycles. The maximum atomic E-state index is 12.6. The van der Waals surface area contributed by atoms with Crippen LogP contribution >= 0.6 is 0 Å². The van der Waals surface area contributed by atoms with Crippen LogP contribution in [0.2, 0.25) is 0 Å². The van der Waals surface area contributed by atoms with Crippen LogP contribution in [-0.2, 0) is 10.0 Å². The summed E-state index contributed by atoms with van der Waals surface area (Å²) in [6.45, 7) is 0. The van der Waals surface area contributed by atoms with Crippen LogP contribution in [-0.4, -0.2) is 54.3 Å². The molecule has 0 unspecified atom stereocenters. The zero-order chi connectivity index (χ0) is 21.1. The van der Waals surface area contributed by atoms with Crippen LogP contribution in [0.3, 0.4) is 0 Å². The highest BCUT2D eigenvalue weighted by Gasteiger charge is 2.28. The number of hydrogen-bond donors (Lipinski definition) is 2. The molecule has 1 aliphatic rings. The largest absolute Gasteiger partial charge is 0.481 e. The van der Waals surface area contributed by atoms with Gasteiger partial charge in [-0.3, -0.25) is 4.72 Å². The molecule has 9 nitrogen and oxygen atoms in total. The molecule has 0 aromatic carbocycles. The van der Waals surface area contributed by atoms with Crippen molar-refractivity contribution in [2.75, 3.05) is 29.5 Å². The zero-order valence-corrected chi connectivity index (χ0v) is 17.9. The lowest BCUT2D eigenvalue weighted by Gasteiger charge is -2.35. The number of aromatic amines is 1. The Morgan fingerprint density at radius 2 is 1.97 bits per heavy atom. The first-order valence-corrected chi connectivity index (χ1v) is 11.6. The van der Waals surface area contributed by atoms with Crippen LogP contribution in [0.4, 0.5) is 11.5 Å². The number of fused-ring (bicyclic) bond motifs is 1. The number of pyridine rings is 1. The first-order valence-electron chi connectivity index (χ1n) is 9.96. The molecule has 0 aliphatic heterocycles. The van der Waals surface area contributed by atoms with E-state index in [1.54, 1.807) is 18.5 Å². The van der Waals surface area contributed by atoms with Crippen molar-refractivity contribution in [2.45, 2.75) is 31.7 Å². The van der Waals surface area contributed by atoms with Gasteiger partial charge >= 0.3 is 0 Å². The van der Waals surface area contributed by atoms with Crippen LogP contribution in [0.25, 0.3) is 11.0 Å². The van der Waals surface area contributed by atoms with Crippen LogP contribution in [0.15, 0.2) is 36.9 Å². The first-order chi connectivity index (χ1) is 14.4. The molecule has 1 saturated carbocycles. The van der Waals surface area contributed by atoms with Gasteiger partial charge in [0.25, 0.3) is 0 Å². The second-order valence-electron chi connectivity index (χ2n) is 7.70. The molecule has 0 amide bonds. The molecule has 4 rings (SSSR count). The smallest absolute Gasteiger partial charge is 0.233 e. The minimum absolute atomic E-state index is 0.116. The van der Waals surface area contributed by atoms with Gasteiger partial charge in [0.15, 0.2) is 0 Å². The van der Waals surface area contributed by atoms with Crippen LogP contribution < -0.4 is 14.4 Å². The number of hydrogen-bond acceptors (Lipinski definition) is 7. The number of nitrogens with one attached hydrogen (secondary N) is 2. The van der Waals surface area contributed by atoms with E-state index in [4.69, 9.17) is 4.74 Å². The summed E-state index contributed by atoms with van der Waals surface area (Å²) >= 11 is 0. The topological polar surface area (TPSA) is 113 Å². The van der Waals surface area contributed by atoms with Crippen molar-refractivity contribution in [1.29, 1.82) is 0 Å². The van der Waals surface area contributed by atoms with E-state index in [-0.39, 0.29) is 11.7 Å². The summed E-state index contributed by atoms with van der Waals surface area (Å²) in [4.78, 5) is 18.1. The maximum absolute atomic E-state index is 12.6. The van der Waals surface area contributed by atoms with Gasteiger partial charge in [-0.15, -0.1) is 0 Å². The normalized spacial score (nSPS) is 19.5. The SMILES string of the molecule is COc1ccc(NS(=O)(=O)C[C@H]2CC[C@H](N(C)c3ncnc4[nH]ccc34)CC2)cn1. The number of ether oxygens (including phenoxy) is 1. The number of methoxy groups -OCH3 is 1. The van der Waals surface area contributed by atoms with Crippen molar-refractivity contribution in [2.24, 2.45) is 5.92 Å². The predicted octanol–water partition coefficient (Wildman–Crippen LogP) is 2.80. The molecular formula is C20H26N6O3S. The third-order valence-corrected chi connectivity index (χ3v) is 7.16. The summed E-state index contributed by atoms with van der Waals surface area (Å²) < 4.78 is 32.8. The molecule has 1 fully saturated rings. The molecule has 3 aromatic heterocycles. The van der Waals surface area contributed by atoms with E-state index >= 15 is 0 Å². The van der Waals surface area contributed by atoms with E-state index in [9.17, 15) is 8.42 Å². The van der Waals surface area contributed by atoms with Gasteiger partial charge in [-0.1, -0.05) is 0 Å². The van der Waals surface area contributed by atoms with Gasteiger partial charge in [0.05, 0.1) is 30.1 Å². The Labute approximate surface area is 176 Å². The molecule has 3 heterocycles. The van der Waals surface area contributed by atoms with E-state index in [1.165, 1.54) is 13.3 Å². The van der Waals surface area contributed by atoms with Gasteiger partial charge in [-0.2, -0.15) is 0 Å². The quantitative estimate of drug-likeness (QED) is 0.592. The second-order valence-corrected chi connectivity index (χ2v) is 9.46. The molecule has 2 N–H and O–H groups in total. The standard InChI is InChI=1S/C20H26N6O3S/c1-26(20-17-9-10-21-19(17)23-13-24-20)16-6-3-14(4-7-16)12-30(27,28)25-15-5-8-18(29-2)22-11-15/h5,8-11,13-14,16,25H,3-4,6-7,12H2,1-2H3,(H,21,23,24)/t14-,16-. The van der Waals surface area contributed by atoms with Gasteiger partial charge in [0.2, 0.25) is 15.9 Å². The first kappa shape index (κ1) is 20.4. The fourth-order valence-electron chi connectivity index (χ4n) is 4.10. The van der Waals surface area contributed by atoms with Crippen LogP contribution in [0, 0.1) is 5.92 Å². The molecule has 30 heavy (non-hydrogen) atoms. The monoisotopic (exact) mass is 430 g/mol. The molecule has 1 aliphatic carbocycles. The van der Waals surface area contributed by atoms with Gasteiger partial charge < -0.3 is 14.6 Å². The van der Waals surface area contributed by atoms with E-state index in [0.29, 0.717) is 17.6 Å². The predicted molar refractivity (Wildman–Crippen MR) is 116 cm³/mol. The molecule has 0 atom stereocenters. The summed E-state index contributed by atoms with van der Waals surface area (Å²) in [7, 11) is 0.136. The number of H-pyrrole nitrogens is 1. The van der Waals surface area contributed by atoms with Gasteiger partial charge in [0, 0.05) is 25.4 Å². The van der Waals surface area contributed by atoms with Gasteiger partial charge in [-0.05, 0) is 43.7 Å². The maximum Gasteiger partial charge on any atom is 0.233 e. The minimum atomic E-state index is -3.43. The van der Waals surface area contributed by atoms with E-state index in [0.717, 1.165) is 42.5 Å². The van der Waals surface area contributed by atoms with Crippen LogP contribution in [0.1, 0.15) is 25.7 Å². The lowest BCUT2D eigenvalue weighted by Crippen LogP contribution is -2.37. The number of rotatable bonds is 7. The average molecular weight is 431 g/mol. The zero-order valence-electron chi connectivity index (χ0n) is 17.1. The Morgan fingerprint density at radius 3 is 2.67 bits per heavy atom. The Kier molecular flexibility index (Phi) is 5.76. The fraction of sp³-hybridized carbons (Fsp3) is 0.450. The highest BCUT2D eigenvalue weighted by atomic mass is 32.2. The number of aromatic nitrogens is 4. The van der Waals surface area contributed by atoms with Crippen molar-refractivity contribution in [1.82, 2.24) is 19.9 Å². The molecule has 3 aromatic rings. The summed E-state index contributed by atoms with van der Waals surface area (Å²) in [5, 5.41) is 1.00. The molecule has 0 radical (unpaired) electrons. The lowest BCUT2D eigenvalue weighted by atomic mass is 9.86. The summed E-state index contributed by atoms with van der Waals surface area (Å²) in [5.41, 5.74) is 1.27. The number of sulfonamides is 1. The Balaban J connectivity index is 1.34. The van der Waals surface area contributed by atoms with Gasteiger partial charge in [-0.25, -0.2) is 23.4 Å². The average Bonchev–Trinajstić information content (AvgIpc) is 3.23. The Bertz CT molecular complexity index is 1090. The number of anilines is 2. The van der Waals surface area contributed by atoms with E-state index < -0.39 is 10.0 Å². The highest BCUT2D eigenvalue weighted by Crippen LogP contribution is 2.32. The van der Waals surface area contributed by atoms with E-state index in [2.05, 4.69) is 36.6 Å². The second kappa shape index (κ2) is 8.47. The van der Waals surface area contributed by atoms with Gasteiger partial charge in [0.1, 0.15) is 17.8 Å². The van der Waals surface area contributed by atoms with E-state index in [1.807, 2.05) is 12.3 Å². The molecule has 0 bridgehead atoms. The fourth-order valence-corrected chi connectivity index (χ4v) is 5.62. The van der Waals surface area contributed by atoms with Crippen molar-refractivity contribution < 1.29 is 13.2 Å².